The van der Waals surface area contributed by atoms with Gasteiger partial charge >= 0.3 is 19.5 Å². The number of carbonyl (C=O) groups excluding carboxylic acids is 2. The first-order valence-electron chi connectivity index (χ1n) is 0.919. The Morgan fingerprint density at radius 2 is 1.00 bits per heavy atom. The summed E-state index contributed by atoms with van der Waals surface area (Å²) in [5.41, 5.74) is 0. The molecule has 0 unspecified atom stereocenters. The second-order valence-corrected chi connectivity index (χ2v) is 0. The molecule has 0 aliphatic heterocycles. The summed E-state index contributed by atoms with van der Waals surface area (Å²) in [5.74, 6) is 0. The zero-order chi connectivity index (χ0) is 6.00. The van der Waals surface area contributed by atoms with Crippen LogP contribution in [0.2, 0.25) is 0 Å². The van der Waals surface area contributed by atoms with E-state index in [2.05, 4.69) is 13.6 Å². The molecule has 0 bridgehead atoms. The molecule has 3 nitrogen and oxygen atoms in total. The monoisotopic (exact) mass is 194 g/mol. The van der Waals surface area contributed by atoms with Crippen molar-refractivity contribution >= 4 is 13.6 Å². The Balaban J connectivity index is -0.00000000900. The number of aliphatic hydroxyl groups is 1. The maximum absolute atomic E-state index is 7.75. The molecular weight excluding hydrogens is 187 g/mol. The van der Waals surface area contributed by atoms with E-state index < -0.39 is 0 Å². The number of hydrogen-bond donors (Lipinski definition) is 1. The van der Waals surface area contributed by atoms with Gasteiger partial charge in [-0.3, -0.25) is 13.6 Å². The van der Waals surface area contributed by atoms with Crippen LogP contribution in [0.1, 0.15) is 0 Å². The molecule has 0 aromatic heterocycles. The molecule has 1 N–H and O–H groups in total. The van der Waals surface area contributed by atoms with Gasteiger partial charge in [-0.05, 0) is 0 Å². The maximum atomic E-state index is 7.75. The van der Waals surface area contributed by atoms with E-state index in [9.17, 15) is 0 Å². The van der Waals surface area contributed by atoms with Gasteiger partial charge in [0.25, 0.3) is 0 Å². The van der Waals surface area contributed by atoms with Crippen LogP contribution >= 0.6 is 0 Å². The van der Waals surface area contributed by atoms with Crippen molar-refractivity contribution in [3.8, 4) is 0 Å². The Labute approximate surface area is 55.5 Å². The molecule has 46 valence electrons. The van der Waals surface area contributed by atoms with Gasteiger partial charge in [-0.1, -0.05) is 0 Å². The predicted octanol–water partition coefficient (Wildman–Crippen LogP) is -1.21. The first-order chi connectivity index (χ1) is 3.00. The Morgan fingerprint density at radius 3 is 1.00 bits per heavy atom. The van der Waals surface area contributed by atoms with Gasteiger partial charge in [-0.2, -0.15) is 0 Å². The van der Waals surface area contributed by atoms with Crippen molar-refractivity contribution in [3.63, 3.8) is 0 Å². The van der Waals surface area contributed by atoms with Crippen molar-refractivity contribution in [3.05, 3.63) is 0 Å². The molecule has 0 spiro atoms. The first-order valence-corrected chi connectivity index (χ1v) is 0.919. The molecule has 0 aliphatic rings. The second-order valence-electron chi connectivity index (χ2n) is 0. The molecule has 0 aromatic rings. The molecule has 0 aromatic carbocycles. The Hall–Kier alpha value is -0.0766. The second kappa shape index (κ2) is 24500. The molecule has 0 aliphatic carbocycles. The zero-order valence-corrected chi connectivity index (χ0v) is 5.51. The summed E-state index contributed by atoms with van der Waals surface area (Å²) in [6.45, 7) is 6.50. The van der Waals surface area contributed by atoms with E-state index in [-0.39, 0.29) is 19.5 Å². The Bertz CT molecular complexity index is 12.1. The summed E-state index contributed by atoms with van der Waals surface area (Å²) < 4.78 is 0. The van der Waals surface area contributed by atoms with Gasteiger partial charge in [0.15, 0.2) is 0 Å². The number of rotatable bonds is 0. The summed E-state index contributed by atoms with van der Waals surface area (Å²) >= 11 is 0. The van der Waals surface area contributed by atoms with Crippen LogP contribution in [-0.4, -0.2) is 25.8 Å². The van der Waals surface area contributed by atoms with Crippen LogP contribution < -0.4 is 0 Å². The zero-order valence-electron chi connectivity index (χ0n) is 3.77. The van der Waals surface area contributed by atoms with Crippen molar-refractivity contribution in [1.82, 2.24) is 0 Å². The van der Waals surface area contributed by atoms with Crippen LogP contribution in [0.5, 0.6) is 0 Å². The summed E-state index contributed by atoms with van der Waals surface area (Å²) in [4.78, 5) is 15.5. The van der Waals surface area contributed by atoms with Crippen molar-refractivity contribution in [2.45, 2.75) is 0 Å². The SMILES string of the molecule is CO.[CH-]=O.[CH-]=O.[RhH+2]. The molecule has 0 saturated heterocycles. The molecule has 0 amide bonds. The molecule has 1 radical (unpaired) electrons. The van der Waals surface area contributed by atoms with Gasteiger partial charge in [0.05, 0.1) is 0 Å². The first kappa shape index (κ1) is 28.4. The van der Waals surface area contributed by atoms with E-state index in [0.717, 1.165) is 7.11 Å². The van der Waals surface area contributed by atoms with Crippen LogP contribution in [0.15, 0.2) is 0 Å². The van der Waals surface area contributed by atoms with Gasteiger partial charge < -0.3 is 14.7 Å². The normalized spacial score (nSPS) is 2.00. The standard InChI is InChI=1S/CH4O.2CHO.Rh.H/c3*1-2;;/h2H,1H3;2*1H;;/q;2*-1;+2;. The van der Waals surface area contributed by atoms with Crippen molar-refractivity contribution < 1.29 is 34.2 Å². The van der Waals surface area contributed by atoms with Crippen LogP contribution in [-0.2, 0) is 29.1 Å². The summed E-state index contributed by atoms with van der Waals surface area (Å²) in [7, 11) is 1.00. The third kappa shape index (κ3) is 15500. The molecule has 0 atom stereocenters. The van der Waals surface area contributed by atoms with Gasteiger partial charge in [0.1, 0.15) is 0 Å². The van der Waals surface area contributed by atoms with Crippen LogP contribution in [0.4, 0.5) is 0 Å². The van der Waals surface area contributed by atoms with Crippen molar-refractivity contribution in [2.75, 3.05) is 7.11 Å². The molecule has 0 saturated carbocycles. The third-order valence-corrected chi connectivity index (χ3v) is 0. The Kier molecular flexibility index (Phi) is 99300. The predicted molar refractivity (Wildman–Crippen MR) is 23.0 cm³/mol. The average molecular weight is 194 g/mol. The number of aliphatic hydroxyl groups excluding tert-OH is 1. The fourth-order valence-electron chi connectivity index (χ4n) is 0. The minimum atomic E-state index is 0. The fraction of sp³-hybridized carbons (Fsp3) is 0.333. The van der Waals surface area contributed by atoms with E-state index in [1.807, 2.05) is 0 Å². The fourth-order valence-corrected chi connectivity index (χ4v) is 0. The van der Waals surface area contributed by atoms with Crippen LogP contribution in [0.25, 0.3) is 0 Å². The summed E-state index contributed by atoms with van der Waals surface area (Å²) in [5, 5.41) is 7.00. The molecule has 0 rings (SSSR count). The third-order valence-electron chi connectivity index (χ3n) is 0. The van der Waals surface area contributed by atoms with Crippen molar-refractivity contribution in [2.24, 2.45) is 0 Å². The molecule has 0 heterocycles. The molecule has 7 heavy (non-hydrogen) atoms. The quantitative estimate of drug-likeness (QED) is 0.299. The summed E-state index contributed by atoms with van der Waals surface area (Å²) in [6, 6.07) is 0. The molecule has 4 heteroatoms. The van der Waals surface area contributed by atoms with Gasteiger partial charge in [0, 0.05) is 7.11 Å². The van der Waals surface area contributed by atoms with Crippen LogP contribution in [0.3, 0.4) is 0 Å². The molecular formula is C3H7O3Rh. The number of hydrogen-bond acceptors (Lipinski definition) is 3. The molecule has 0 fully saturated rings. The van der Waals surface area contributed by atoms with Crippen LogP contribution in [0, 0.1) is 0 Å². The van der Waals surface area contributed by atoms with E-state index >= 15 is 0 Å². The van der Waals surface area contributed by atoms with Gasteiger partial charge in [-0.15, -0.1) is 0 Å². The topological polar surface area (TPSA) is 54.4 Å². The van der Waals surface area contributed by atoms with Crippen molar-refractivity contribution in [1.29, 1.82) is 0 Å². The van der Waals surface area contributed by atoms with E-state index in [4.69, 9.17) is 14.7 Å². The minimum absolute atomic E-state index is 0. The summed E-state index contributed by atoms with van der Waals surface area (Å²) in [6.07, 6.45) is 0. The average Bonchev–Trinajstić information content (AvgIpc) is 1.81. The van der Waals surface area contributed by atoms with Gasteiger partial charge in [-0.25, -0.2) is 0 Å². The Morgan fingerprint density at radius 1 is 1.00 bits per heavy atom. The van der Waals surface area contributed by atoms with E-state index in [1.54, 1.807) is 0 Å². The van der Waals surface area contributed by atoms with E-state index in [0.29, 0.717) is 0 Å². The van der Waals surface area contributed by atoms with Gasteiger partial charge in [0.2, 0.25) is 0 Å². The van der Waals surface area contributed by atoms with E-state index in [1.165, 1.54) is 0 Å².